The summed E-state index contributed by atoms with van der Waals surface area (Å²) in [4.78, 5) is 0.0886. The molecule has 88 valence electrons. The van der Waals surface area contributed by atoms with Gasteiger partial charge >= 0.3 is 0 Å². The van der Waals surface area contributed by atoms with Crippen LogP contribution in [0.1, 0.15) is 32.3 Å². The SMILES string of the molecule is CCCC(C)Nc1ccc(C(N)=S)c(F)c1. The third-order valence-corrected chi connectivity index (χ3v) is 2.59. The molecule has 2 nitrogen and oxygen atoms in total. The van der Waals surface area contributed by atoms with Crippen LogP contribution in [-0.2, 0) is 0 Å². The number of hydrogen-bond donors (Lipinski definition) is 2. The van der Waals surface area contributed by atoms with Crippen molar-refractivity contribution in [3.05, 3.63) is 29.6 Å². The normalized spacial score (nSPS) is 12.2. The fourth-order valence-corrected chi connectivity index (χ4v) is 1.76. The minimum Gasteiger partial charge on any atom is -0.389 e. The van der Waals surface area contributed by atoms with E-state index in [1.54, 1.807) is 12.1 Å². The molecule has 0 aromatic heterocycles. The van der Waals surface area contributed by atoms with Crippen molar-refractivity contribution in [1.82, 2.24) is 0 Å². The van der Waals surface area contributed by atoms with Gasteiger partial charge in [-0.25, -0.2) is 4.39 Å². The first-order valence-corrected chi connectivity index (χ1v) is 5.81. The summed E-state index contributed by atoms with van der Waals surface area (Å²) in [7, 11) is 0. The predicted molar refractivity (Wildman–Crippen MR) is 70.3 cm³/mol. The Morgan fingerprint density at radius 3 is 2.75 bits per heavy atom. The van der Waals surface area contributed by atoms with Crippen LogP contribution in [0.3, 0.4) is 0 Å². The molecule has 0 aliphatic rings. The van der Waals surface area contributed by atoms with Gasteiger partial charge in [-0.05, 0) is 31.5 Å². The Hall–Kier alpha value is -1.16. The zero-order chi connectivity index (χ0) is 12.1. The second kappa shape index (κ2) is 5.80. The van der Waals surface area contributed by atoms with Crippen LogP contribution in [0.5, 0.6) is 0 Å². The lowest BCUT2D eigenvalue weighted by atomic mass is 10.1. The number of thiocarbonyl (C=S) groups is 1. The first-order valence-electron chi connectivity index (χ1n) is 5.40. The van der Waals surface area contributed by atoms with Crippen LogP contribution in [-0.4, -0.2) is 11.0 Å². The van der Waals surface area contributed by atoms with Crippen LogP contribution in [0, 0.1) is 5.82 Å². The van der Waals surface area contributed by atoms with Crippen molar-refractivity contribution in [2.24, 2.45) is 5.73 Å². The summed E-state index contributed by atoms with van der Waals surface area (Å²) in [5, 5.41) is 3.23. The zero-order valence-electron chi connectivity index (χ0n) is 9.59. The highest BCUT2D eigenvalue weighted by Gasteiger charge is 2.07. The smallest absolute Gasteiger partial charge is 0.135 e. The number of hydrogen-bond acceptors (Lipinski definition) is 2. The monoisotopic (exact) mass is 240 g/mol. The van der Waals surface area contributed by atoms with E-state index in [1.807, 2.05) is 0 Å². The average Bonchev–Trinajstić information content (AvgIpc) is 2.17. The van der Waals surface area contributed by atoms with E-state index in [1.165, 1.54) is 6.07 Å². The van der Waals surface area contributed by atoms with Crippen molar-refractivity contribution in [3.8, 4) is 0 Å². The van der Waals surface area contributed by atoms with Gasteiger partial charge in [-0.3, -0.25) is 0 Å². The predicted octanol–water partition coefficient (Wildman–Crippen LogP) is 3.06. The number of benzene rings is 1. The Morgan fingerprint density at radius 1 is 1.56 bits per heavy atom. The van der Waals surface area contributed by atoms with Crippen LogP contribution in [0.25, 0.3) is 0 Å². The number of anilines is 1. The Labute approximate surface area is 101 Å². The molecule has 0 aliphatic carbocycles. The molecule has 1 rings (SSSR count). The third-order valence-electron chi connectivity index (χ3n) is 2.37. The van der Waals surface area contributed by atoms with Crippen LogP contribution in [0.15, 0.2) is 18.2 Å². The van der Waals surface area contributed by atoms with Crippen molar-refractivity contribution < 1.29 is 4.39 Å². The highest BCUT2D eigenvalue weighted by molar-refractivity contribution is 7.80. The summed E-state index contributed by atoms with van der Waals surface area (Å²) in [6, 6.07) is 5.17. The first kappa shape index (κ1) is 12.9. The Morgan fingerprint density at radius 2 is 2.25 bits per heavy atom. The standard InChI is InChI=1S/C12H17FN2S/c1-3-4-8(2)15-9-5-6-10(12(14)16)11(13)7-9/h5-8,15H,3-4H2,1-2H3,(H2,14,16). The minimum absolute atomic E-state index is 0.0886. The summed E-state index contributed by atoms with van der Waals surface area (Å²) in [5.41, 5.74) is 6.44. The van der Waals surface area contributed by atoms with Crippen molar-refractivity contribution >= 4 is 22.9 Å². The fraction of sp³-hybridized carbons (Fsp3) is 0.417. The fourth-order valence-electron chi connectivity index (χ4n) is 1.59. The lowest BCUT2D eigenvalue weighted by molar-refractivity contribution is 0.624. The second-order valence-corrected chi connectivity index (χ2v) is 4.33. The largest absolute Gasteiger partial charge is 0.389 e. The molecule has 0 saturated carbocycles. The van der Waals surface area contributed by atoms with Gasteiger partial charge in [0.15, 0.2) is 0 Å². The molecule has 1 unspecified atom stereocenters. The van der Waals surface area contributed by atoms with Gasteiger partial charge in [0.1, 0.15) is 10.8 Å². The van der Waals surface area contributed by atoms with E-state index in [2.05, 4.69) is 19.2 Å². The van der Waals surface area contributed by atoms with Crippen LogP contribution in [0.2, 0.25) is 0 Å². The molecule has 0 bridgehead atoms. The summed E-state index contributed by atoms with van der Waals surface area (Å²) < 4.78 is 13.5. The molecule has 0 aliphatic heterocycles. The molecular weight excluding hydrogens is 223 g/mol. The lowest BCUT2D eigenvalue weighted by Gasteiger charge is -2.14. The van der Waals surface area contributed by atoms with E-state index in [4.69, 9.17) is 18.0 Å². The minimum atomic E-state index is -0.374. The lowest BCUT2D eigenvalue weighted by Crippen LogP contribution is -2.16. The molecule has 0 spiro atoms. The molecule has 3 N–H and O–H groups in total. The van der Waals surface area contributed by atoms with E-state index in [0.717, 1.165) is 18.5 Å². The van der Waals surface area contributed by atoms with E-state index < -0.39 is 0 Å². The number of nitrogens with one attached hydrogen (secondary N) is 1. The van der Waals surface area contributed by atoms with Crippen molar-refractivity contribution in [3.63, 3.8) is 0 Å². The summed E-state index contributed by atoms with van der Waals surface area (Å²) in [6.45, 7) is 4.19. The van der Waals surface area contributed by atoms with E-state index in [-0.39, 0.29) is 10.8 Å². The Balaban J connectivity index is 2.77. The second-order valence-electron chi connectivity index (χ2n) is 3.89. The molecule has 0 fully saturated rings. The average molecular weight is 240 g/mol. The summed E-state index contributed by atoms with van der Waals surface area (Å²) >= 11 is 4.74. The van der Waals surface area contributed by atoms with Gasteiger partial charge in [-0.15, -0.1) is 0 Å². The Kier molecular flexibility index (Phi) is 4.68. The Bertz CT molecular complexity index is 379. The number of halogens is 1. The van der Waals surface area contributed by atoms with Crippen molar-refractivity contribution in [2.45, 2.75) is 32.7 Å². The summed E-state index contributed by atoms with van der Waals surface area (Å²) in [5.74, 6) is -0.374. The van der Waals surface area contributed by atoms with Gasteiger partial charge in [0, 0.05) is 17.3 Å². The molecule has 0 radical (unpaired) electrons. The highest BCUT2D eigenvalue weighted by Crippen LogP contribution is 2.16. The molecule has 0 saturated heterocycles. The van der Waals surface area contributed by atoms with Crippen LogP contribution < -0.4 is 11.1 Å². The van der Waals surface area contributed by atoms with Gasteiger partial charge < -0.3 is 11.1 Å². The maximum Gasteiger partial charge on any atom is 0.135 e. The van der Waals surface area contributed by atoms with Crippen molar-refractivity contribution in [1.29, 1.82) is 0 Å². The van der Waals surface area contributed by atoms with Gasteiger partial charge in [0.2, 0.25) is 0 Å². The molecule has 0 amide bonds. The van der Waals surface area contributed by atoms with Gasteiger partial charge in [0.05, 0.1) is 0 Å². The van der Waals surface area contributed by atoms with E-state index in [9.17, 15) is 4.39 Å². The molecule has 1 aromatic rings. The highest BCUT2D eigenvalue weighted by atomic mass is 32.1. The molecule has 1 aromatic carbocycles. The maximum atomic E-state index is 13.5. The van der Waals surface area contributed by atoms with Crippen LogP contribution in [0.4, 0.5) is 10.1 Å². The summed E-state index contributed by atoms with van der Waals surface area (Å²) in [6.07, 6.45) is 2.15. The van der Waals surface area contributed by atoms with Gasteiger partial charge in [-0.1, -0.05) is 25.6 Å². The quantitative estimate of drug-likeness (QED) is 0.777. The number of nitrogens with two attached hydrogens (primary N) is 1. The molecular formula is C12H17FN2S. The maximum absolute atomic E-state index is 13.5. The molecule has 16 heavy (non-hydrogen) atoms. The van der Waals surface area contributed by atoms with E-state index in [0.29, 0.717) is 11.6 Å². The first-order chi connectivity index (χ1) is 7.54. The van der Waals surface area contributed by atoms with Crippen molar-refractivity contribution in [2.75, 3.05) is 5.32 Å². The molecule has 4 heteroatoms. The molecule has 0 heterocycles. The zero-order valence-corrected chi connectivity index (χ0v) is 10.4. The third kappa shape index (κ3) is 3.45. The molecule has 1 atom stereocenters. The van der Waals surface area contributed by atoms with Crippen LogP contribution >= 0.6 is 12.2 Å². The topological polar surface area (TPSA) is 38.0 Å². The van der Waals surface area contributed by atoms with Gasteiger partial charge in [0.25, 0.3) is 0 Å². The van der Waals surface area contributed by atoms with E-state index >= 15 is 0 Å². The number of rotatable bonds is 5. The van der Waals surface area contributed by atoms with Gasteiger partial charge in [-0.2, -0.15) is 0 Å².